The Bertz CT molecular complexity index is 708. The van der Waals surface area contributed by atoms with Gasteiger partial charge in [-0.15, -0.1) is 12.4 Å². The first kappa shape index (κ1) is 20.8. The Morgan fingerprint density at radius 1 is 1.40 bits per heavy atom. The van der Waals surface area contributed by atoms with Gasteiger partial charge in [-0.05, 0) is 28.5 Å². The molecule has 0 aliphatic rings. The third-order valence-electron chi connectivity index (χ3n) is 3.01. The van der Waals surface area contributed by atoms with E-state index in [4.69, 9.17) is 22.1 Å². The van der Waals surface area contributed by atoms with Crippen LogP contribution in [0.15, 0.2) is 35.5 Å². The first-order chi connectivity index (χ1) is 11.6. The molecule has 0 saturated heterocycles. The minimum Gasteiger partial charge on any atom is -0.489 e. The van der Waals surface area contributed by atoms with E-state index in [0.717, 1.165) is 11.3 Å². The van der Waals surface area contributed by atoms with Crippen molar-refractivity contribution in [1.29, 1.82) is 0 Å². The molecule has 0 bridgehead atoms. The molecule has 2 rings (SSSR count). The van der Waals surface area contributed by atoms with Crippen LogP contribution in [-0.2, 0) is 6.54 Å². The Morgan fingerprint density at radius 2 is 2.20 bits per heavy atom. The summed E-state index contributed by atoms with van der Waals surface area (Å²) < 4.78 is 9.95. The van der Waals surface area contributed by atoms with Crippen LogP contribution in [0.25, 0.3) is 0 Å². The number of hydrogen-bond acceptors (Lipinski definition) is 7. The van der Waals surface area contributed by atoms with E-state index in [0.29, 0.717) is 31.3 Å². The Labute approximate surface area is 156 Å². The van der Waals surface area contributed by atoms with Crippen molar-refractivity contribution < 1.29 is 14.2 Å². The SMILES string of the molecule is C=CCOc1ccc(Cl)cc1CNCCNC(=O)c1nonc1N.Cl. The molecule has 25 heavy (non-hydrogen) atoms. The van der Waals surface area contributed by atoms with Crippen LogP contribution < -0.4 is 21.1 Å². The summed E-state index contributed by atoms with van der Waals surface area (Å²) in [5, 5.41) is 13.2. The third kappa shape index (κ3) is 6.26. The molecular formula is C15H19Cl2N5O3. The van der Waals surface area contributed by atoms with Gasteiger partial charge in [0.1, 0.15) is 12.4 Å². The molecule has 1 aromatic carbocycles. The number of nitrogens with zero attached hydrogens (tertiary/aromatic N) is 2. The standard InChI is InChI=1S/C15H18ClN5O3.ClH/c1-2-7-23-12-4-3-11(16)8-10(12)9-18-5-6-19-15(22)13-14(17)21-24-20-13;/h2-4,8,18H,1,5-7,9H2,(H2,17,21)(H,19,22);1H. The molecule has 0 saturated carbocycles. The quantitative estimate of drug-likeness (QED) is 0.443. The van der Waals surface area contributed by atoms with E-state index in [1.165, 1.54) is 0 Å². The minimum absolute atomic E-state index is 0. The average Bonchev–Trinajstić information content (AvgIpc) is 2.99. The van der Waals surface area contributed by atoms with E-state index in [2.05, 4.69) is 32.2 Å². The smallest absolute Gasteiger partial charge is 0.277 e. The summed E-state index contributed by atoms with van der Waals surface area (Å²) in [6, 6.07) is 5.40. The van der Waals surface area contributed by atoms with Crippen molar-refractivity contribution in [3.63, 3.8) is 0 Å². The number of nitrogens with one attached hydrogen (secondary N) is 2. The van der Waals surface area contributed by atoms with E-state index >= 15 is 0 Å². The molecule has 1 aromatic heterocycles. The van der Waals surface area contributed by atoms with Gasteiger partial charge in [-0.25, -0.2) is 4.63 Å². The maximum absolute atomic E-state index is 11.7. The number of amides is 1. The molecule has 0 spiro atoms. The van der Waals surface area contributed by atoms with E-state index in [1.54, 1.807) is 12.1 Å². The molecule has 1 heterocycles. The van der Waals surface area contributed by atoms with Crippen LogP contribution >= 0.6 is 24.0 Å². The fourth-order valence-electron chi connectivity index (χ4n) is 1.90. The summed E-state index contributed by atoms with van der Waals surface area (Å²) in [6.07, 6.45) is 1.67. The molecule has 136 valence electrons. The second kappa shape index (κ2) is 10.5. The molecule has 4 N–H and O–H groups in total. The second-order valence-electron chi connectivity index (χ2n) is 4.78. The molecule has 0 unspecified atom stereocenters. The molecule has 0 atom stereocenters. The first-order valence-corrected chi connectivity index (χ1v) is 7.58. The predicted octanol–water partition coefficient (Wildman–Crippen LogP) is 1.81. The van der Waals surface area contributed by atoms with Crippen LogP contribution in [0.1, 0.15) is 16.1 Å². The van der Waals surface area contributed by atoms with Gasteiger partial charge in [0.25, 0.3) is 5.91 Å². The summed E-state index contributed by atoms with van der Waals surface area (Å²) in [7, 11) is 0. The van der Waals surface area contributed by atoms with Crippen molar-refractivity contribution in [2.75, 3.05) is 25.4 Å². The molecule has 0 aliphatic heterocycles. The minimum atomic E-state index is -0.437. The number of carbonyl (C=O) groups excluding carboxylic acids is 1. The van der Waals surface area contributed by atoms with E-state index in [9.17, 15) is 4.79 Å². The number of anilines is 1. The van der Waals surface area contributed by atoms with Gasteiger partial charge in [0, 0.05) is 30.2 Å². The van der Waals surface area contributed by atoms with E-state index < -0.39 is 5.91 Å². The number of ether oxygens (including phenoxy) is 1. The lowest BCUT2D eigenvalue weighted by Gasteiger charge is -2.12. The number of nitrogens with two attached hydrogens (primary N) is 1. The van der Waals surface area contributed by atoms with Crippen molar-refractivity contribution in [1.82, 2.24) is 20.9 Å². The van der Waals surface area contributed by atoms with Crippen LogP contribution in [0.4, 0.5) is 5.82 Å². The Kier molecular flexibility index (Phi) is 8.76. The summed E-state index contributed by atoms with van der Waals surface area (Å²) in [4.78, 5) is 11.7. The zero-order valence-corrected chi connectivity index (χ0v) is 14.9. The Hall–Kier alpha value is -2.29. The topological polar surface area (TPSA) is 115 Å². The second-order valence-corrected chi connectivity index (χ2v) is 5.22. The van der Waals surface area contributed by atoms with Crippen LogP contribution in [0.5, 0.6) is 5.75 Å². The van der Waals surface area contributed by atoms with Gasteiger partial charge >= 0.3 is 0 Å². The molecular weight excluding hydrogens is 369 g/mol. The van der Waals surface area contributed by atoms with Gasteiger partial charge in [-0.2, -0.15) is 0 Å². The molecule has 0 radical (unpaired) electrons. The predicted molar refractivity (Wildman–Crippen MR) is 97.1 cm³/mol. The van der Waals surface area contributed by atoms with Gasteiger partial charge in [-0.1, -0.05) is 24.3 Å². The molecule has 2 aromatic rings. The van der Waals surface area contributed by atoms with E-state index in [1.807, 2.05) is 12.1 Å². The summed E-state index contributed by atoms with van der Waals surface area (Å²) >= 11 is 6.01. The van der Waals surface area contributed by atoms with Gasteiger partial charge in [0.2, 0.25) is 11.5 Å². The molecule has 0 fully saturated rings. The molecule has 8 nitrogen and oxygen atoms in total. The number of benzene rings is 1. The fourth-order valence-corrected chi connectivity index (χ4v) is 2.09. The Balaban J connectivity index is 0.00000312. The number of carbonyl (C=O) groups is 1. The monoisotopic (exact) mass is 387 g/mol. The van der Waals surface area contributed by atoms with Gasteiger partial charge < -0.3 is 21.1 Å². The van der Waals surface area contributed by atoms with Crippen LogP contribution in [-0.4, -0.2) is 35.9 Å². The van der Waals surface area contributed by atoms with Crippen LogP contribution in [0.2, 0.25) is 5.02 Å². The number of nitrogen functional groups attached to an aromatic ring is 1. The van der Waals surface area contributed by atoms with Crippen molar-refractivity contribution in [2.24, 2.45) is 0 Å². The van der Waals surface area contributed by atoms with Gasteiger partial charge in [0.05, 0.1) is 0 Å². The summed E-state index contributed by atoms with van der Waals surface area (Å²) in [6.45, 7) is 5.49. The molecule has 0 aliphatic carbocycles. The lowest BCUT2D eigenvalue weighted by Crippen LogP contribution is -2.32. The highest BCUT2D eigenvalue weighted by atomic mass is 35.5. The maximum atomic E-state index is 11.7. The van der Waals surface area contributed by atoms with Crippen LogP contribution in [0, 0.1) is 0 Å². The van der Waals surface area contributed by atoms with Gasteiger partial charge in [0.15, 0.2) is 0 Å². The third-order valence-corrected chi connectivity index (χ3v) is 3.25. The zero-order chi connectivity index (χ0) is 17.4. The lowest BCUT2D eigenvalue weighted by atomic mass is 10.2. The van der Waals surface area contributed by atoms with E-state index in [-0.39, 0.29) is 23.9 Å². The van der Waals surface area contributed by atoms with Crippen molar-refractivity contribution in [2.45, 2.75) is 6.54 Å². The Morgan fingerprint density at radius 3 is 2.88 bits per heavy atom. The first-order valence-electron chi connectivity index (χ1n) is 7.21. The summed E-state index contributed by atoms with van der Waals surface area (Å²) in [5.74, 6) is 0.258. The fraction of sp³-hybridized carbons (Fsp3) is 0.267. The number of rotatable bonds is 9. The lowest BCUT2D eigenvalue weighted by molar-refractivity contribution is 0.0944. The summed E-state index contributed by atoms with van der Waals surface area (Å²) in [5.41, 5.74) is 6.34. The maximum Gasteiger partial charge on any atom is 0.277 e. The molecule has 1 amide bonds. The largest absolute Gasteiger partial charge is 0.489 e. The highest BCUT2D eigenvalue weighted by Crippen LogP contribution is 2.22. The highest BCUT2D eigenvalue weighted by Gasteiger charge is 2.14. The van der Waals surface area contributed by atoms with Crippen molar-refractivity contribution in [3.8, 4) is 5.75 Å². The van der Waals surface area contributed by atoms with Crippen molar-refractivity contribution >= 4 is 35.7 Å². The highest BCUT2D eigenvalue weighted by molar-refractivity contribution is 6.30. The van der Waals surface area contributed by atoms with Gasteiger partial charge in [-0.3, -0.25) is 4.79 Å². The number of hydrogen-bond donors (Lipinski definition) is 3. The van der Waals surface area contributed by atoms with Crippen molar-refractivity contribution in [3.05, 3.63) is 47.1 Å². The number of aromatic nitrogens is 2. The normalized spacial score (nSPS) is 9.96. The average molecular weight is 388 g/mol. The number of halogens is 2. The molecule has 10 heteroatoms. The van der Waals surface area contributed by atoms with Crippen LogP contribution in [0.3, 0.4) is 0 Å². The zero-order valence-electron chi connectivity index (χ0n) is 13.3.